The lowest BCUT2D eigenvalue weighted by molar-refractivity contribution is -0.130. The number of unbranched alkanes of at least 4 members (excludes halogenated alkanes) is 1. The van der Waals surface area contributed by atoms with Crippen LogP contribution in [0.15, 0.2) is 24.3 Å². The maximum absolute atomic E-state index is 12.1. The highest BCUT2D eigenvalue weighted by atomic mass is 16.5. The number of hydrogen-bond donors (Lipinski definition) is 3. The van der Waals surface area contributed by atoms with Crippen LogP contribution in [0.5, 0.6) is 0 Å². The number of carbonyl (C=O) groups is 3. The third kappa shape index (κ3) is 11.6. The molecule has 0 saturated carbocycles. The minimum Gasteiger partial charge on any atom is -0.378 e. The van der Waals surface area contributed by atoms with E-state index in [1.54, 1.807) is 12.1 Å². The summed E-state index contributed by atoms with van der Waals surface area (Å²) in [7, 11) is 1.84. The number of Topliss-reactive ketones (excluding diaryl/α,β-unsaturated/α-hetero) is 1. The van der Waals surface area contributed by atoms with Crippen LogP contribution in [0.2, 0.25) is 0 Å². The number of aryl methyl sites for hydroxylation is 1. The number of likely N-dealkylation sites (N-methyl/N-ethyl adjacent to an activating group) is 1. The quantitative estimate of drug-likeness (QED) is 0.347. The van der Waals surface area contributed by atoms with Gasteiger partial charge in [-0.1, -0.05) is 17.7 Å². The van der Waals surface area contributed by atoms with Crippen LogP contribution in [0, 0.1) is 6.92 Å². The monoisotopic (exact) mass is 421 g/mol. The maximum atomic E-state index is 12.1. The second kappa shape index (κ2) is 15.5. The van der Waals surface area contributed by atoms with Gasteiger partial charge < -0.3 is 25.4 Å². The lowest BCUT2D eigenvalue weighted by atomic mass is 10.1. The van der Waals surface area contributed by atoms with Gasteiger partial charge in [0, 0.05) is 18.7 Å². The molecule has 30 heavy (non-hydrogen) atoms. The Bertz CT molecular complexity index is 649. The van der Waals surface area contributed by atoms with E-state index in [1.807, 2.05) is 26.1 Å². The van der Waals surface area contributed by atoms with Crippen LogP contribution < -0.4 is 16.0 Å². The predicted octanol–water partition coefficient (Wildman–Crippen LogP) is 1.22. The first-order valence-electron chi connectivity index (χ1n) is 10.4. The Balaban J connectivity index is 2.17. The van der Waals surface area contributed by atoms with Gasteiger partial charge in [-0.3, -0.25) is 14.4 Å². The van der Waals surface area contributed by atoms with Crippen LogP contribution in [-0.4, -0.2) is 70.2 Å². The Labute approximate surface area is 179 Å². The highest BCUT2D eigenvalue weighted by Gasteiger charge is 2.16. The molecule has 3 N–H and O–H groups in total. The van der Waals surface area contributed by atoms with Gasteiger partial charge in [0.15, 0.2) is 5.78 Å². The van der Waals surface area contributed by atoms with Gasteiger partial charge in [-0.25, -0.2) is 0 Å². The molecule has 168 valence electrons. The first kappa shape index (κ1) is 25.7. The fourth-order valence-corrected chi connectivity index (χ4v) is 2.65. The smallest absolute Gasteiger partial charge is 0.251 e. The average molecular weight is 422 g/mol. The zero-order chi connectivity index (χ0) is 22.2. The zero-order valence-electron chi connectivity index (χ0n) is 18.3. The fraction of sp³-hybridized carbons (Fsp3) is 0.591. The number of amides is 2. The molecular weight excluding hydrogens is 386 g/mol. The molecule has 0 aliphatic carbocycles. The van der Waals surface area contributed by atoms with E-state index in [1.165, 1.54) is 6.92 Å². The summed E-state index contributed by atoms with van der Waals surface area (Å²) in [5.74, 6) is -0.529. The van der Waals surface area contributed by atoms with Crippen molar-refractivity contribution >= 4 is 17.6 Å². The molecule has 1 aromatic rings. The highest BCUT2D eigenvalue weighted by Crippen LogP contribution is 2.04. The highest BCUT2D eigenvalue weighted by molar-refractivity contribution is 5.94. The van der Waals surface area contributed by atoms with Crippen molar-refractivity contribution in [1.29, 1.82) is 0 Å². The maximum Gasteiger partial charge on any atom is 0.251 e. The molecular formula is C22H35N3O5. The van der Waals surface area contributed by atoms with Gasteiger partial charge in [-0.05, 0) is 52.3 Å². The molecule has 0 saturated heterocycles. The zero-order valence-corrected chi connectivity index (χ0v) is 18.3. The molecule has 8 nitrogen and oxygen atoms in total. The summed E-state index contributed by atoms with van der Waals surface area (Å²) in [6, 6.07) is 6.84. The average Bonchev–Trinajstić information content (AvgIpc) is 2.72. The second-order valence-electron chi connectivity index (χ2n) is 7.12. The Hall–Kier alpha value is -2.29. The van der Waals surface area contributed by atoms with Crippen molar-refractivity contribution in [3.63, 3.8) is 0 Å². The predicted molar refractivity (Wildman–Crippen MR) is 116 cm³/mol. The summed E-state index contributed by atoms with van der Waals surface area (Å²) >= 11 is 0. The van der Waals surface area contributed by atoms with E-state index in [9.17, 15) is 14.4 Å². The molecule has 0 aromatic heterocycles. The Morgan fingerprint density at radius 2 is 1.67 bits per heavy atom. The van der Waals surface area contributed by atoms with Gasteiger partial charge in [0.2, 0.25) is 5.91 Å². The van der Waals surface area contributed by atoms with Crippen LogP contribution in [0.25, 0.3) is 0 Å². The molecule has 1 aromatic carbocycles. The normalized spacial score (nSPS) is 11.7. The third-order valence-corrected chi connectivity index (χ3v) is 4.45. The number of nitrogens with one attached hydrogen (secondary N) is 3. The molecule has 0 bridgehead atoms. The molecule has 0 aliphatic rings. The van der Waals surface area contributed by atoms with Gasteiger partial charge in [0.05, 0.1) is 25.9 Å². The van der Waals surface area contributed by atoms with E-state index in [-0.39, 0.29) is 24.2 Å². The largest absolute Gasteiger partial charge is 0.378 e. The first-order valence-corrected chi connectivity index (χ1v) is 10.4. The lowest BCUT2D eigenvalue weighted by Gasteiger charge is -2.16. The number of ketones is 1. The second-order valence-corrected chi connectivity index (χ2v) is 7.12. The minimum absolute atomic E-state index is 0.0950. The summed E-state index contributed by atoms with van der Waals surface area (Å²) < 4.78 is 10.6. The Morgan fingerprint density at radius 3 is 2.33 bits per heavy atom. The first-order chi connectivity index (χ1) is 14.4. The van der Waals surface area contributed by atoms with E-state index in [4.69, 9.17) is 9.47 Å². The molecule has 1 rings (SSSR count). The summed E-state index contributed by atoms with van der Waals surface area (Å²) in [6.07, 6.45) is 1.95. The van der Waals surface area contributed by atoms with Gasteiger partial charge in [-0.15, -0.1) is 0 Å². The van der Waals surface area contributed by atoms with Crippen molar-refractivity contribution < 1.29 is 23.9 Å². The molecule has 0 aliphatic heterocycles. The number of benzene rings is 1. The van der Waals surface area contributed by atoms with Gasteiger partial charge in [-0.2, -0.15) is 0 Å². The van der Waals surface area contributed by atoms with E-state index in [2.05, 4.69) is 16.0 Å². The molecule has 8 heteroatoms. The summed E-state index contributed by atoms with van der Waals surface area (Å²) in [5.41, 5.74) is 1.73. The minimum atomic E-state index is -0.541. The molecule has 1 atom stereocenters. The van der Waals surface area contributed by atoms with Crippen LogP contribution >= 0.6 is 0 Å². The van der Waals surface area contributed by atoms with Crippen molar-refractivity contribution in [2.45, 2.75) is 39.2 Å². The summed E-state index contributed by atoms with van der Waals surface area (Å²) in [5, 5.41) is 8.54. The van der Waals surface area contributed by atoms with E-state index < -0.39 is 6.04 Å². The molecule has 0 unspecified atom stereocenters. The number of ether oxygens (including phenoxy) is 2. The van der Waals surface area contributed by atoms with E-state index >= 15 is 0 Å². The summed E-state index contributed by atoms with van der Waals surface area (Å²) in [6.45, 7) is 5.93. The van der Waals surface area contributed by atoms with E-state index in [0.29, 0.717) is 44.8 Å². The number of hydrogen-bond acceptors (Lipinski definition) is 6. The van der Waals surface area contributed by atoms with Crippen molar-refractivity contribution in [1.82, 2.24) is 16.0 Å². The van der Waals surface area contributed by atoms with Gasteiger partial charge in [0.1, 0.15) is 6.61 Å². The number of rotatable bonds is 16. The molecule has 2 amide bonds. The van der Waals surface area contributed by atoms with Crippen molar-refractivity contribution in [3.05, 3.63) is 35.4 Å². The third-order valence-electron chi connectivity index (χ3n) is 4.45. The van der Waals surface area contributed by atoms with Crippen LogP contribution in [0.3, 0.4) is 0 Å². The van der Waals surface area contributed by atoms with Gasteiger partial charge in [0.25, 0.3) is 5.91 Å². The van der Waals surface area contributed by atoms with Crippen LogP contribution in [0.4, 0.5) is 0 Å². The van der Waals surface area contributed by atoms with Crippen molar-refractivity contribution in [3.8, 4) is 0 Å². The fourth-order valence-electron chi connectivity index (χ4n) is 2.65. The van der Waals surface area contributed by atoms with Gasteiger partial charge >= 0.3 is 0 Å². The topological polar surface area (TPSA) is 106 Å². The molecule has 0 fully saturated rings. The lowest BCUT2D eigenvalue weighted by Crippen LogP contribution is -2.41. The van der Waals surface area contributed by atoms with Crippen LogP contribution in [-0.2, 0) is 19.1 Å². The van der Waals surface area contributed by atoms with Crippen molar-refractivity contribution in [2.24, 2.45) is 0 Å². The van der Waals surface area contributed by atoms with E-state index in [0.717, 1.165) is 18.5 Å². The molecule has 0 radical (unpaired) electrons. The van der Waals surface area contributed by atoms with Crippen LogP contribution in [0.1, 0.15) is 42.1 Å². The standard InChI is InChI=1S/C22H35N3O5/c1-17-7-9-19(10-8-17)22(28)24-11-5-4-6-20(18(2)26)25-21(27)16-30-15-14-29-13-12-23-3/h7-10,20,23H,4-6,11-16H2,1-3H3,(H,24,28)(H,25,27)/t20-/m0/s1. The Morgan fingerprint density at radius 1 is 0.967 bits per heavy atom. The Kier molecular flexibility index (Phi) is 13.3. The summed E-state index contributed by atoms with van der Waals surface area (Å²) in [4.78, 5) is 35.8. The number of carbonyl (C=O) groups excluding carboxylic acids is 3. The molecule has 0 heterocycles. The molecule has 0 spiro atoms. The van der Waals surface area contributed by atoms with Crippen molar-refractivity contribution in [2.75, 3.05) is 46.6 Å². The SMILES string of the molecule is CNCCOCCOCC(=O)N[C@@H](CCCCNC(=O)c1ccc(C)cc1)C(C)=O.